The molecule has 5 heteroatoms. The van der Waals surface area contributed by atoms with Crippen LogP contribution in [0.25, 0.3) is 0 Å². The van der Waals surface area contributed by atoms with Crippen LogP contribution in [0.15, 0.2) is 18.3 Å². The molecule has 2 saturated carbocycles. The number of methoxy groups -OCH3 is 1. The van der Waals surface area contributed by atoms with E-state index in [0.717, 1.165) is 37.9 Å². The van der Waals surface area contributed by atoms with Gasteiger partial charge >= 0.3 is 0 Å². The lowest BCUT2D eigenvalue weighted by atomic mass is 9.68. The molecule has 1 aromatic rings. The number of ether oxygens (including phenoxy) is 2. The number of rotatable bonds is 5. The molecule has 22 heavy (non-hydrogen) atoms. The number of pyridine rings is 1. The highest BCUT2D eigenvalue weighted by atomic mass is 16.5. The molecule has 0 bridgehead atoms. The molecule has 1 saturated heterocycles. The molecule has 4 rings (SSSR count). The van der Waals surface area contributed by atoms with Crippen LogP contribution in [0.3, 0.4) is 0 Å². The van der Waals surface area contributed by atoms with Crippen LogP contribution in [-0.4, -0.2) is 36.8 Å². The molecule has 0 unspecified atom stereocenters. The first kappa shape index (κ1) is 14.0. The summed E-state index contributed by atoms with van der Waals surface area (Å²) in [7, 11) is 1.62. The summed E-state index contributed by atoms with van der Waals surface area (Å²) in [4.78, 5) is 16.9. The summed E-state index contributed by atoms with van der Waals surface area (Å²) in [6, 6.07) is 3.88. The average molecular weight is 302 g/mol. The van der Waals surface area contributed by atoms with Crippen molar-refractivity contribution in [2.24, 2.45) is 11.3 Å². The zero-order chi connectivity index (χ0) is 15.2. The Kier molecular flexibility index (Phi) is 3.15. The highest BCUT2D eigenvalue weighted by Gasteiger charge is 2.77. The van der Waals surface area contributed by atoms with Crippen LogP contribution >= 0.6 is 0 Å². The summed E-state index contributed by atoms with van der Waals surface area (Å²) >= 11 is 0. The average Bonchev–Trinajstić information content (AvgIpc) is 3.14. The van der Waals surface area contributed by atoms with Crippen LogP contribution in [0.4, 0.5) is 0 Å². The minimum absolute atomic E-state index is 0.131. The Balaban J connectivity index is 1.38. The maximum Gasteiger partial charge on any atom is 0.229 e. The minimum Gasteiger partial charge on any atom is -0.481 e. The fourth-order valence-corrected chi connectivity index (χ4v) is 4.32. The number of fused-ring (bicyclic) bond motifs is 2. The molecule has 2 atom stereocenters. The molecule has 1 aromatic heterocycles. The molecule has 5 nitrogen and oxygen atoms in total. The maximum absolute atomic E-state index is 12.7. The first-order valence-corrected chi connectivity index (χ1v) is 8.12. The van der Waals surface area contributed by atoms with Gasteiger partial charge in [-0.15, -0.1) is 0 Å². The van der Waals surface area contributed by atoms with Crippen molar-refractivity contribution >= 4 is 5.91 Å². The fourth-order valence-electron chi connectivity index (χ4n) is 4.32. The molecule has 118 valence electrons. The van der Waals surface area contributed by atoms with Crippen molar-refractivity contribution in [2.45, 2.75) is 37.7 Å². The molecule has 3 aliphatic rings. The van der Waals surface area contributed by atoms with Gasteiger partial charge < -0.3 is 14.8 Å². The Hall–Kier alpha value is -1.62. The van der Waals surface area contributed by atoms with Crippen molar-refractivity contribution in [1.82, 2.24) is 10.3 Å². The van der Waals surface area contributed by atoms with E-state index in [1.165, 1.54) is 6.42 Å². The number of nitrogens with one attached hydrogen (secondary N) is 1. The van der Waals surface area contributed by atoms with Gasteiger partial charge in [-0.2, -0.15) is 0 Å². The van der Waals surface area contributed by atoms with E-state index < -0.39 is 0 Å². The zero-order valence-corrected chi connectivity index (χ0v) is 12.9. The van der Waals surface area contributed by atoms with Crippen molar-refractivity contribution < 1.29 is 14.3 Å². The Morgan fingerprint density at radius 2 is 2.41 bits per heavy atom. The number of hydrogen-bond acceptors (Lipinski definition) is 4. The predicted octanol–water partition coefficient (Wildman–Crippen LogP) is 1.71. The highest BCUT2D eigenvalue weighted by Crippen LogP contribution is 2.71. The van der Waals surface area contributed by atoms with Crippen LogP contribution in [0.1, 0.15) is 31.2 Å². The summed E-state index contributed by atoms with van der Waals surface area (Å²) in [6.45, 7) is 1.38. The number of aromatic nitrogens is 1. The summed E-state index contributed by atoms with van der Waals surface area (Å²) in [5, 5.41) is 3.13. The highest BCUT2D eigenvalue weighted by molar-refractivity contribution is 5.88. The molecule has 3 fully saturated rings. The molecular formula is C17H22N2O3. The molecule has 1 amide bonds. The van der Waals surface area contributed by atoms with Crippen molar-refractivity contribution in [3.8, 4) is 5.88 Å². The van der Waals surface area contributed by atoms with Crippen molar-refractivity contribution in [3.63, 3.8) is 0 Å². The standard InChI is InChI=1S/C17H22N2O3/c1-21-14-12(4-2-8-18-14)5-9-19-15(20)17-10-13(17)11-22-16(17)6-3-7-16/h2,4,8,13H,3,5-7,9-11H2,1H3,(H,19,20)/t13-,17-/m1/s1. The van der Waals surface area contributed by atoms with E-state index in [-0.39, 0.29) is 16.9 Å². The van der Waals surface area contributed by atoms with Crippen LogP contribution in [0.5, 0.6) is 5.88 Å². The van der Waals surface area contributed by atoms with Gasteiger partial charge in [0.25, 0.3) is 0 Å². The van der Waals surface area contributed by atoms with Crippen LogP contribution < -0.4 is 10.1 Å². The van der Waals surface area contributed by atoms with E-state index in [9.17, 15) is 4.79 Å². The van der Waals surface area contributed by atoms with Crippen molar-refractivity contribution in [2.75, 3.05) is 20.3 Å². The summed E-state index contributed by atoms with van der Waals surface area (Å²) in [5.41, 5.74) is 0.675. The van der Waals surface area contributed by atoms with Gasteiger partial charge in [0.1, 0.15) is 0 Å². The van der Waals surface area contributed by atoms with Gasteiger partial charge in [0.05, 0.1) is 24.7 Å². The van der Waals surface area contributed by atoms with Crippen molar-refractivity contribution in [1.29, 1.82) is 0 Å². The normalized spacial score (nSPS) is 30.5. The van der Waals surface area contributed by atoms with Gasteiger partial charge in [-0.3, -0.25) is 4.79 Å². The third-order valence-electron chi connectivity index (χ3n) is 5.77. The minimum atomic E-state index is -0.218. The number of amides is 1. The van der Waals surface area contributed by atoms with Crippen LogP contribution in [0, 0.1) is 11.3 Å². The maximum atomic E-state index is 12.7. The second-order valence-corrected chi connectivity index (χ2v) is 6.71. The number of carbonyl (C=O) groups excluding carboxylic acids is 1. The fraction of sp³-hybridized carbons (Fsp3) is 0.647. The summed E-state index contributed by atoms with van der Waals surface area (Å²) in [5.74, 6) is 1.28. The lowest BCUT2D eigenvalue weighted by molar-refractivity contribution is -0.148. The number of nitrogens with zero attached hydrogens (tertiary/aromatic N) is 1. The van der Waals surface area contributed by atoms with E-state index in [1.807, 2.05) is 12.1 Å². The van der Waals surface area contributed by atoms with Crippen LogP contribution in [-0.2, 0) is 16.0 Å². The zero-order valence-electron chi connectivity index (χ0n) is 12.9. The molecule has 1 spiro atoms. The quantitative estimate of drug-likeness (QED) is 0.899. The molecule has 2 heterocycles. The second-order valence-electron chi connectivity index (χ2n) is 6.71. The summed E-state index contributed by atoms with van der Waals surface area (Å²) in [6.07, 6.45) is 6.74. The number of carbonyl (C=O) groups is 1. The van der Waals surface area contributed by atoms with Gasteiger partial charge in [-0.25, -0.2) is 4.98 Å². The predicted molar refractivity (Wildman–Crippen MR) is 80.6 cm³/mol. The van der Waals surface area contributed by atoms with E-state index in [4.69, 9.17) is 9.47 Å². The summed E-state index contributed by atoms with van der Waals surface area (Å²) < 4.78 is 11.2. The second kappa shape index (κ2) is 4.95. The van der Waals surface area contributed by atoms with Gasteiger partial charge in [0.2, 0.25) is 11.8 Å². The van der Waals surface area contributed by atoms with Crippen molar-refractivity contribution in [3.05, 3.63) is 23.9 Å². The molecule has 0 radical (unpaired) electrons. The lowest BCUT2D eigenvalue weighted by Crippen LogP contribution is -2.52. The van der Waals surface area contributed by atoms with E-state index in [1.54, 1.807) is 13.3 Å². The van der Waals surface area contributed by atoms with Crippen LogP contribution in [0.2, 0.25) is 0 Å². The van der Waals surface area contributed by atoms with Gasteiger partial charge in [-0.1, -0.05) is 6.07 Å². The topological polar surface area (TPSA) is 60.5 Å². The van der Waals surface area contributed by atoms with E-state index >= 15 is 0 Å². The lowest BCUT2D eigenvalue weighted by Gasteiger charge is -2.44. The van der Waals surface area contributed by atoms with Gasteiger partial charge in [0.15, 0.2) is 0 Å². The molecule has 1 aliphatic heterocycles. The largest absolute Gasteiger partial charge is 0.481 e. The Labute approximate surface area is 130 Å². The molecule has 0 aromatic carbocycles. The van der Waals surface area contributed by atoms with E-state index in [0.29, 0.717) is 18.3 Å². The third-order valence-corrected chi connectivity index (χ3v) is 5.77. The first-order chi connectivity index (χ1) is 10.7. The molecular weight excluding hydrogens is 280 g/mol. The van der Waals surface area contributed by atoms with E-state index in [2.05, 4.69) is 10.3 Å². The van der Waals surface area contributed by atoms with Gasteiger partial charge in [-0.05, 0) is 38.2 Å². The Morgan fingerprint density at radius 3 is 3.09 bits per heavy atom. The third kappa shape index (κ3) is 1.81. The number of hydrogen-bond donors (Lipinski definition) is 1. The Morgan fingerprint density at radius 1 is 1.55 bits per heavy atom. The SMILES string of the molecule is COc1ncccc1CCNC(=O)[C@@]12C[C@@H]1COC21CCC1. The molecule has 1 N–H and O–H groups in total. The Bertz CT molecular complexity index is 599. The smallest absolute Gasteiger partial charge is 0.229 e. The van der Waals surface area contributed by atoms with Gasteiger partial charge in [0, 0.05) is 24.2 Å². The molecule has 2 aliphatic carbocycles. The first-order valence-electron chi connectivity index (χ1n) is 8.12. The monoisotopic (exact) mass is 302 g/mol.